The Morgan fingerprint density at radius 3 is 1.03 bits per heavy atom. The Bertz CT molecular complexity index is 5230. The first kappa shape index (κ1) is 53.6. The van der Waals surface area contributed by atoms with E-state index in [4.69, 9.17) is 58.3 Å². The van der Waals surface area contributed by atoms with Crippen molar-refractivity contribution in [3.63, 3.8) is 0 Å². The molecular formula is C73H64N8O6. The van der Waals surface area contributed by atoms with Gasteiger partial charge in [-0.25, -0.2) is 29.9 Å². The molecule has 87 heavy (non-hydrogen) atoms. The lowest BCUT2D eigenvalue weighted by atomic mass is 9.95. The summed E-state index contributed by atoms with van der Waals surface area (Å²) in [6.45, 7) is 12.2. The minimum absolute atomic E-state index is 0.356. The molecule has 0 amide bonds. The highest BCUT2D eigenvalue weighted by molar-refractivity contribution is 6.22. The van der Waals surface area contributed by atoms with Gasteiger partial charge >= 0.3 is 0 Å². The molecule has 0 fully saturated rings. The Labute approximate surface area is 501 Å². The van der Waals surface area contributed by atoms with Crippen molar-refractivity contribution >= 4 is 109 Å². The highest BCUT2D eigenvalue weighted by Gasteiger charge is 2.35. The number of methoxy groups -OCH3 is 3. The normalized spacial score (nSPS) is 12.1. The van der Waals surface area contributed by atoms with E-state index < -0.39 is 0 Å². The molecule has 0 aliphatic carbocycles. The maximum atomic E-state index is 7.19. The third-order valence-electron chi connectivity index (χ3n) is 17.5. The molecule has 14 heteroatoms. The summed E-state index contributed by atoms with van der Waals surface area (Å²) in [6.07, 6.45) is 5.27. The molecular weight excluding hydrogens is 1080 g/mol. The Morgan fingerprint density at radius 1 is 0.322 bits per heavy atom. The van der Waals surface area contributed by atoms with E-state index in [1.165, 1.54) is 0 Å². The number of benzene rings is 10. The molecule has 432 valence electrons. The number of ether oxygens (including phenoxy) is 6. The number of H-pyrrole nitrogens is 2. The van der Waals surface area contributed by atoms with Crippen molar-refractivity contribution in [1.82, 2.24) is 39.9 Å². The van der Waals surface area contributed by atoms with E-state index in [2.05, 4.69) is 130 Å². The molecule has 10 aromatic carbocycles. The van der Waals surface area contributed by atoms with E-state index in [-0.39, 0.29) is 0 Å². The first-order valence-electron chi connectivity index (χ1n) is 30.2. The van der Waals surface area contributed by atoms with Crippen LogP contribution < -0.4 is 28.4 Å². The van der Waals surface area contributed by atoms with Crippen LogP contribution in [0.3, 0.4) is 0 Å². The van der Waals surface area contributed by atoms with Crippen LogP contribution in [0.2, 0.25) is 0 Å². The second kappa shape index (κ2) is 21.5. The predicted octanol–water partition coefficient (Wildman–Crippen LogP) is 18.0. The maximum Gasteiger partial charge on any atom is 0.168 e. The number of aryl methyl sites for hydroxylation is 2. The van der Waals surface area contributed by atoms with Crippen LogP contribution in [0.5, 0.6) is 34.5 Å². The molecule has 15 rings (SSSR count). The standard InChI is InChI=1S/C73H64N8O6/c1-9-12-31-85-63-49-35-41-24-16-15-23-40(41)34-48(49)39(5)53-55(63)69-75-67(53)77-71-57-56(61(83-7)46-29-21-22-30-47(46)62(57)84-8)70(80-71)76-66-52-38(4)44-27-19-20-28-45(44)60(82-6)54(52)68(74-66)78-72-58-59(73(79-69)81-72)65(87-33-14-11-3)51-37-43-26-18-17-25-42(43)36-50(51)64(58)86-32-13-10-2/h15-30,34-37H,9-14,31-33H2,1-8H3,(H2,74,75,76,77,78,79,80,81). The molecule has 13 aromatic rings. The van der Waals surface area contributed by atoms with Gasteiger partial charge in [-0.3, -0.25) is 0 Å². The Kier molecular flexibility index (Phi) is 13.2. The average molecular weight is 1150 g/mol. The number of hydrogen-bond acceptors (Lipinski definition) is 12. The minimum atomic E-state index is 0.356. The molecule has 3 aromatic heterocycles. The molecule has 0 saturated heterocycles. The number of aromatic amines is 2. The molecule has 8 bridgehead atoms. The molecule has 0 unspecified atom stereocenters. The fourth-order valence-electron chi connectivity index (χ4n) is 13.3. The summed E-state index contributed by atoms with van der Waals surface area (Å²) < 4.78 is 41.0. The van der Waals surface area contributed by atoms with Gasteiger partial charge in [-0.15, -0.1) is 0 Å². The summed E-state index contributed by atoms with van der Waals surface area (Å²) in [5, 5.41) is 14.7. The van der Waals surface area contributed by atoms with E-state index in [0.717, 1.165) is 130 Å². The summed E-state index contributed by atoms with van der Waals surface area (Å²) in [7, 11) is 5.07. The number of nitrogens with one attached hydrogen (secondary N) is 2. The fraction of sp³-hybridized carbons (Fsp3) is 0.233. The van der Waals surface area contributed by atoms with Crippen molar-refractivity contribution in [1.29, 1.82) is 0 Å². The Hall–Kier alpha value is -10.1. The number of aromatic nitrogens is 8. The summed E-state index contributed by atoms with van der Waals surface area (Å²) in [4.78, 5) is 41.6. The zero-order valence-electron chi connectivity index (χ0n) is 50.0. The largest absolute Gasteiger partial charge is 0.495 e. The number of unbranched alkanes of at least 4 members (excludes halogenated alkanes) is 3. The lowest BCUT2D eigenvalue weighted by molar-refractivity contribution is 0.308. The molecule has 0 atom stereocenters. The minimum Gasteiger partial charge on any atom is -0.495 e. The molecule has 5 heterocycles. The quantitative estimate of drug-likeness (QED) is 0.0738. The summed E-state index contributed by atoms with van der Waals surface area (Å²) in [5.74, 6) is 5.19. The van der Waals surface area contributed by atoms with Gasteiger partial charge in [-0.1, -0.05) is 137 Å². The van der Waals surface area contributed by atoms with Gasteiger partial charge in [0.1, 0.15) is 57.1 Å². The van der Waals surface area contributed by atoms with Crippen molar-refractivity contribution in [3.8, 4) is 80.0 Å². The smallest absolute Gasteiger partial charge is 0.168 e. The van der Waals surface area contributed by atoms with Crippen LogP contribution in [0.4, 0.5) is 0 Å². The zero-order chi connectivity index (χ0) is 59.2. The van der Waals surface area contributed by atoms with Gasteiger partial charge in [0.25, 0.3) is 0 Å². The van der Waals surface area contributed by atoms with Gasteiger partial charge in [-0.05, 0) is 101 Å². The SMILES string of the molecule is CCCCOc1c2c(c(OCCCC)c3cc4ccccc4cc13)-c1nc-2nc2[nH]c(nc3nc(nc4[nH]c(n1)c1c(OCCCC)c5cc6ccccc6cc5c(C)c41)-c1c-3c(OC)c3ccccc3c1OC)c1c(C)c3ccccc3c(OC)c21. The van der Waals surface area contributed by atoms with E-state index in [9.17, 15) is 0 Å². The lowest BCUT2D eigenvalue weighted by Crippen LogP contribution is -2.04. The van der Waals surface area contributed by atoms with Crippen molar-refractivity contribution in [2.75, 3.05) is 41.2 Å². The second-order valence-corrected chi connectivity index (χ2v) is 22.6. The second-order valence-electron chi connectivity index (χ2n) is 22.6. The fourth-order valence-corrected chi connectivity index (χ4v) is 13.3. The first-order chi connectivity index (χ1) is 42.7. The molecule has 0 saturated carbocycles. The third-order valence-corrected chi connectivity index (χ3v) is 17.5. The Morgan fingerprint density at radius 2 is 0.632 bits per heavy atom. The lowest BCUT2D eigenvalue weighted by Gasteiger charge is -2.19. The molecule has 2 N–H and O–H groups in total. The summed E-state index contributed by atoms with van der Waals surface area (Å²) in [5.41, 5.74) is 6.44. The van der Waals surface area contributed by atoms with Gasteiger partial charge in [-0.2, -0.15) is 0 Å². The highest BCUT2D eigenvalue weighted by Crippen LogP contribution is 2.55. The first-order valence-corrected chi connectivity index (χ1v) is 30.2. The van der Waals surface area contributed by atoms with Crippen LogP contribution in [0.1, 0.15) is 70.4 Å². The van der Waals surface area contributed by atoms with Gasteiger partial charge in [0.15, 0.2) is 23.3 Å². The van der Waals surface area contributed by atoms with Crippen LogP contribution in [0.25, 0.3) is 154 Å². The van der Waals surface area contributed by atoms with E-state index >= 15 is 0 Å². The van der Waals surface area contributed by atoms with Gasteiger partial charge in [0, 0.05) is 43.1 Å². The van der Waals surface area contributed by atoms with Crippen molar-refractivity contribution < 1.29 is 28.4 Å². The van der Waals surface area contributed by atoms with Gasteiger partial charge in [0.05, 0.1) is 74.2 Å². The molecule has 14 nitrogen and oxygen atoms in total. The number of hydrogen-bond donors (Lipinski definition) is 2. The van der Waals surface area contributed by atoms with E-state index in [1.54, 1.807) is 21.3 Å². The Balaban J connectivity index is 1.21. The van der Waals surface area contributed by atoms with Crippen LogP contribution in [-0.2, 0) is 0 Å². The van der Waals surface area contributed by atoms with Gasteiger partial charge in [0.2, 0.25) is 0 Å². The van der Waals surface area contributed by atoms with Crippen molar-refractivity contribution in [2.45, 2.75) is 73.1 Å². The highest BCUT2D eigenvalue weighted by atomic mass is 16.5. The average Bonchev–Trinajstić information content (AvgIpc) is 1.89. The third kappa shape index (κ3) is 8.35. The molecule has 2 aliphatic rings. The maximum absolute atomic E-state index is 7.19. The van der Waals surface area contributed by atoms with Crippen molar-refractivity contribution in [3.05, 3.63) is 132 Å². The summed E-state index contributed by atoms with van der Waals surface area (Å²) in [6, 6.07) is 42.1. The van der Waals surface area contributed by atoms with Crippen molar-refractivity contribution in [2.24, 2.45) is 0 Å². The van der Waals surface area contributed by atoms with Crippen LogP contribution >= 0.6 is 0 Å². The zero-order valence-corrected chi connectivity index (χ0v) is 50.0. The number of rotatable bonds is 15. The monoisotopic (exact) mass is 1150 g/mol. The van der Waals surface area contributed by atoms with Crippen LogP contribution in [0, 0.1) is 13.8 Å². The van der Waals surface area contributed by atoms with Crippen LogP contribution in [-0.4, -0.2) is 81.0 Å². The number of fused-ring (bicyclic) bond motifs is 26. The summed E-state index contributed by atoms with van der Waals surface area (Å²) >= 11 is 0. The molecule has 0 radical (unpaired) electrons. The number of nitrogens with zero attached hydrogens (tertiary/aromatic N) is 6. The molecule has 0 spiro atoms. The van der Waals surface area contributed by atoms with E-state index in [1.807, 2.05) is 36.4 Å². The van der Waals surface area contributed by atoms with E-state index in [0.29, 0.717) is 128 Å². The predicted molar refractivity (Wildman–Crippen MR) is 351 cm³/mol. The van der Waals surface area contributed by atoms with Gasteiger partial charge < -0.3 is 38.4 Å². The molecule has 2 aliphatic heterocycles. The topological polar surface area (TPSA) is 164 Å². The van der Waals surface area contributed by atoms with Crippen LogP contribution in [0.15, 0.2) is 121 Å².